The highest BCUT2D eigenvalue weighted by atomic mass is 32.1. The van der Waals surface area contributed by atoms with E-state index in [4.69, 9.17) is 4.74 Å². The lowest BCUT2D eigenvalue weighted by Gasteiger charge is -2.10. The lowest BCUT2D eigenvalue weighted by Crippen LogP contribution is -2.07. The van der Waals surface area contributed by atoms with Crippen LogP contribution in [0.5, 0.6) is 0 Å². The van der Waals surface area contributed by atoms with Gasteiger partial charge in [-0.05, 0) is 32.0 Å². The van der Waals surface area contributed by atoms with Crippen molar-refractivity contribution >= 4 is 16.5 Å². The minimum absolute atomic E-state index is 0.231. The molecule has 0 saturated carbocycles. The summed E-state index contributed by atoms with van der Waals surface area (Å²) in [5, 5.41) is 6.11. The number of hydrogen-bond acceptors (Lipinski definition) is 4. The summed E-state index contributed by atoms with van der Waals surface area (Å²) < 4.78 is 21.1. The minimum Gasteiger partial charge on any atom is -0.383 e. The number of thiazole rings is 1. The van der Waals surface area contributed by atoms with E-state index in [9.17, 15) is 4.39 Å². The predicted octanol–water partition coefficient (Wildman–Crippen LogP) is 4.42. The van der Waals surface area contributed by atoms with E-state index in [1.54, 1.807) is 30.6 Å². The first-order valence-corrected chi connectivity index (χ1v) is 8.62. The van der Waals surface area contributed by atoms with Crippen molar-refractivity contribution in [1.29, 1.82) is 0 Å². The quantitative estimate of drug-likeness (QED) is 0.673. The molecule has 0 unspecified atom stereocenters. The van der Waals surface area contributed by atoms with E-state index >= 15 is 0 Å². The Bertz CT molecular complexity index is 841. The number of methoxy groups -OCH3 is 1. The molecule has 3 aromatic rings. The van der Waals surface area contributed by atoms with E-state index in [1.165, 1.54) is 6.07 Å². The van der Waals surface area contributed by atoms with Crippen LogP contribution in [0.4, 0.5) is 9.52 Å². The molecule has 3 rings (SSSR count). The number of aromatic nitrogens is 2. The van der Waals surface area contributed by atoms with Gasteiger partial charge < -0.3 is 14.6 Å². The first kappa shape index (κ1) is 16.7. The van der Waals surface area contributed by atoms with Crippen LogP contribution in [0.25, 0.3) is 16.9 Å². The van der Waals surface area contributed by atoms with Crippen LogP contribution >= 0.6 is 11.3 Å². The summed E-state index contributed by atoms with van der Waals surface area (Å²) in [6.07, 6.45) is 0. The summed E-state index contributed by atoms with van der Waals surface area (Å²) >= 11 is 1.56. The third-order valence-electron chi connectivity index (χ3n) is 3.89. The Kier molecular flexibility index (Phi) is 4.97. The van der Waals surface area contributed by atoms with Gasteiger partial charge in [-0.1, -0.05) is 12.1 Å². The molecule has 0 fully saturated rings. The van der Waals surface area contributed by atoms with Gasteiger partial charge in [-0.2, -0.15) is 0 Å². The first-order valence-electron chi connectivity index (χ1n) is 7.74. The summed E-state index contributed by atoms with van der Waals surface area (Å²) in [6.45, 7) is 5.33. The summed E-state index contributed by atoms with van der Waals surface area (Å²) in [4.78, 5) is 4.63. The SMILES string of the molecule is COCCNc1nc(-c2cc(C)n(-c3ccccc3F)c2C)cs1. The maximum absolute atomic E-state index is 14.2. The topological polar surface area (TPSA) is 39.1 Å². The van der Waals surface area contributed by atoms with E-state index < -0.39 is 0 Å². The average molecular weight is 345 g/mol. The molecule has 0 amide bonds. The molecule has 0 atom stereocenters. The van der Waals surface area contributed by atoms with Crippen LogP contribution in [0, 0.1) is 19.7 Å². The maximum Gasteiger partial charge on any atom is 0.183 e. The number of halogens is 1. The van der Waals surface area contributed by atoms with Crippen LogP contribution in [0.15, 0.2) is 35.7 Å². The normalized spacial score (nSPS) is 11.0. The zero-order valence-electron chi connectivity index (χ0n) is 14.0. The summed E-state index contributed by atoms with van der Waals surface area (Å²) in [6, 6.07) is 8.87. The Balaban J connectivity index is 1.94. The van der Waals surface area contributed by atoms with E-state index in [0.29, 0.717) is 12.3 Å². The predicted molar refractivity (Wildman–Crippen MR) is 96.7 cm³/mol. The fourth-order valence-electron chi connectivity index (χ4n) is 2.76. The minimum atomic E-state index is -0.231. The van der Waals surface area contributed by atoms with Crippen molar-refractivity contribution in [3.63, 3.8) is 0 Å². The van der Waals surface area contributed by atoms with Crippen molar-refractivity contribution in [1.82, 2.24) is 9.55 Å². The molecule has 0 aliphatic carbocycles. The van der Waals surface area contributed by atoms with Crippen LogP contribution in [0.1, 0.15) is 11.4 Å². The van der Waals surface area contributed by atoms with Gasteiger partial charge in [-0.3, -0.25) is 0 Å². The van der Waals surface area contributed by atoms with E-state index in [2.05, 4.69) is 16.4 Å². The number of benzene rings is 1. The number of anilines is 1. The van der Waals surface area contributed by atoms with Crippen molar-refractivity contribution < 1.29 is 9.13 Å². The molecule has 0 radical (unpaired) electrons. The van der Waals surface area contributed by atoms with Gasteiger partial charge in [0.25, 0.3) is 0 Å². The highest BCUT2D eigenvalue weighted by molar-refractivity contribution is 7.14. The Morgan fingerprint density at radius 3 is 2.83 bits per heavy atom. The van der Waals surface area contributed by atoms with Crippen LogP contribution < -0.4 is 5.32 Å². The van der Waals surface area contributed by atoms with Gasteiger partial charge in [0.1, 0.15) is 5.82 Å². The summed E-state index contributed by atoms with van der Waals surface area (Å²) in [7, 11) is 1.67. The van der Waals surface area contributed by atoms with Gasteiger partial charge in [0.2, 0.25) is 0 Å². The third-order valence-corrected chi connectivity index (χ3v) is 4.69. The molecule has 0 aliphatic rings. The second kappa shape index (κ2) is 7.15. The second-order valence-corrected chi connectivity index (χ2v) is 6.39. The van der Waals surface area contributed by atoms with Crippen LogP contribution in [-0.4, -0.2) is 29.8 Å². The van der Waals surface area contributed by atoms with Crippen LogP contribution in [0.2, 0.25) is 0 Å². The zero-order chi connectivity index (χ0) is 17.1. The smallest absolute Gasteiger partial charge is 0.183 e. The Hall–Kier alpha value is -2.18. The highest BCUT2D eigenvalue weighted by Crippen LogP contribution is 2.32. The summed E-state index contributed by atoms with van der Waals surface area (Å²) in [5.74, 6) is -0.231. The number of aryl methyl sites for hydroxylation is 1. The standard InChI is InChI=1S/C18H20FN3OS/c1-12-10-14(16-11-24-18(21-16)20-8-9-23-3)13(2)22(12)17-7-5-4-6-15(17)19/h4-7,10-11H,8-9H2,1-3H3,(H,20,21). The largest absolute Gasteiger partial charge is 0.383 e. The van der Waals surface area contributed by atoms with Gasteiger partial charge in [-0.15, -0.1) is 11.3 Å². The Morgan fingerprint density at radius 1 is 1.29 bits per heavy atom. The van der Waals surface area contributed by atoms with Gasteiger partial charge in [0.05, 0.1) is 18.0 Å². The maximum atomic E-state index is 14.2. The van der Waals surface area contributed by atoms with Gasteiger partial charge in [-0.25, -0.2) is 9.37 Å². The molecule has 4 nitrogen and oxygen atoms in total. The van der Waals surface area contributed by atoms with Gasteiger partial charge >= 0.3 is 0 Å². The molecule has 0 saturated heterocycles. The molecular formula is C18H20FN3OS. The molecule has 0 spiro atoms. The Labute approximate surface area is 144 Å². The van der Waals surface area contributed by atoms with Crippen LogP contribution in [0.3, 0.4) is 0 Å². The molecule has 126 valence electrons. The lowest BCUT2D eigenvalue weighted by molar-refractivity contribution is 0.211. The number of nitrogens with one attached hydrogen (secondary N) is 1. The lowest BCUT2D eigenvalue weighted by atomic mass is 10.2. The molecule has 2 heterocycles. The van der Waals surface area contributed by atoms with E-state index in [1.807, 2.05) is 29.9 Å². The Morgan fingerprint density at radius 2 is 2.08 bits per heavy atom. The fraction of sp³-hybridized carbons (Fsp3) is 0.278. The van der Waals surface area contributed by atoms with Crippen molar-refractivity contribution in [2.75, 3.05) is 25.6 Å². The first-order chi connectivity index (χ1) is 11.6. The summed E-state index contributed by atoms with van der Waals surface area (Å²) in [5.41, 5.74) is 4.44. The molecule has 0 aliphatic heterocycles. The number of rotatable bonds is 6. The number of ether oxygens (including phenoxy) is 1. The number of para-hydroxylation sites is 1. The molecule has 2 aromatic heterocycles. The molecule has 24 heavy (non-hydrogen) atoms. The average Bonchev–Trinajstić information content (AvgIpc) is 3.13. The molecule has 0 bridgehead atoms. The van der Waals surface area contributed by atoms with Crippen molar-refractivity contribution in [3.05, 3.63) is 52.9 Å². The van der Waals surface area contributed by atoms with Crippen molar-refractivity contribution in [3.8, 4) is 16.9 Å². The molecule has 1 N–H and O–H groups in total. The monoisotopic (exact) mass is 345 g/mol. The second-order valence-electron chi connectivity index (χ2n) is 5.53. The van der Waals surface area contributed by atoms with Crippen molar-refractivity contribution in [2.24, 2.45) is 0 Å². The number of hydrogen-bond donors (Lipinski definition) is 1. The van der Waals surface area contributed by atoms with Crippen LogP contribution in [-0.2, 0) is 4.74 Å². The van der Waals surface area contributed by atoms with E-state index in [-0.39, 0.29) is 5.82 Å². The van der Waals surface area contributed by atoms with E-state index in [0.717, 1.165) is 34.3 Å². The molecule has 6 heteroatoms. The zero-order valence-corrected chi connectivity index (χ0v) is 14.8. The van der Waals surface area contributed by atoms with Gasteiger partial charge in [0, 0.05) is 36.0 Å². The third kappa shape index (κ3) is 3.20. The molecule has 1 aromatic carbocycles. The number of nitrogens with zero attached hydrogens (tertiary/aromatic N) is 2. The fourth-order valence-corrected chi connectivity index (χ4v) is 3.50. The van der Waals surface area contributed by atoms with Crippen molar-refractivity contribution in [2.45, 2.75) is 13.8 Å². The van der Waals surface area contributed by atoms with Gasteiger partial charge in [0.15, 0.2) is 5.13 Å². The molecular weight excluding hydrogens is 325 g/mol. The highest BCUT2D eigenvalue weighted by Gasteiger charge is 2.16.